The normalized spacial score (nSPS) is 11.9. The average molecular weight is 312 g/mol. The van der Waals surface area contributed by atoms with Gasteiger partial charge in [-0.05, 0) is 74.9 Å². The van der Waals surface area contributed by atoms with E-state index in [4.69, 9.17) is 0 Å². The van der Waals surface area contributed by atoms with E-state index in [1.165, 1.54) is 40.4 Å². The molecule has 0 amide bonds. The van der Waals surface area contributed by atoms with Gasteiger partial charge in [-0.3, -0.25) is 0 Å². The molecule has 0 fully saturated rings. The summed E-state index contributed by atoms with van der Waals surface area (Å²) in [5.74, 6) is 0. The van der Waals surface area contributed by atoms with Crippen molar-refractivity contribution in [3.05, 3.63) is 33.3 Å². The summed E-state index contributed by atoms with van der Waals surface area (Å²) in [6, 6.07) is 4.57. The Labute approximate surface area is 120 Å². The van der Waals surface area contributed by atoms with Crippen molar-refractivity contribution in [2.75, 3.05) is 13.6 Å². The fourth-order valence-corrected chi connectivity index (χ4v) is 2.63. The van der Waals surface area contributed by atoms with Crippen LogP contribution in [0.15, 0.2) is 16.6 Å². The first-order valence-electron chi connectivity index (χ1n) is 6.76. The molecule has 0 saturated carbocycles. The summed E-state index contributed by atoms with van der Waals surface area (Å²) in [6.45, 7) is 10.2. The van der Waals surface area contributed by atoms with Gasteiger partial charge < -0.3 is 5.32 Å². The average Bonchev–Trinajstić information content (AvgIpc) is 2.30. The Balaban J connectivity index is 2.66. The number of halogens is 1. The molecule has 0 bridgehead atoms. The van der Waals surface area contributed by atoms with E-state index in [9.17, 15) is 0 Å². The zero-order valence-corrected chi connectivity index (χ0v) is 13.9. The minimum absolute atomic E-state index is 0.413. The summed E-state index contributed by atoms with van der Waals surface area (Å²) in [6.07, 6.45) is 3.66. The molecule has 0 radical (unpaired) electrons. The van der Waals surface area contributed by atoms with Crippen molar-refractivity contribution in [1.82, 2.24) is 5.32 Å². The SMILES string of the molecule is CNCCC(C)(C)CCc1cc(C)c(Br)cc1C. The summed E-state index contributed by atoms with van der Waals surface area (Å²) in [5.41, 5.74) is 4.64. The van der Waals surface area contributed by atoms with Gasteiger partial charge in [0.15, 0.2) is 0 Å². The zero-order valence-electron chi connectivity index (χ0n) is 12.4. The number of rotatable bonds is 6. The lowest BCUT2D eigenvalue weighted by Crippen LogP contribution is -2.20. The lowest BCUT2D eigenvalue weighted by Gasteiger charge is -2.25. The highest BCUT2D eigenvalue weighted by molar-refractivity contribution is 9.10. The predicted octanol–water partition coefficient (Wildman–Crippen LogP) is 4.63. The summed E-state index contributed by atoms with van der Waals surface area (Å²) >= 11 is 3.60. The second-order valence-electron chi connectivity index (χ2n) is 6.05. The van der Waals surface area contributed by atoms with Crippen LogP contribution in [-0.2, 0) is 6.42 Å². The van der Waals surface area contributed by atoms with E-state index in [0.29, 0.717) is 5.41 Å². The highest BCUT2D eigenvalue weighted by Crippen LogP contribution is 2.29. The lowest BCUT2D eigenvalue weighted by molar-refractivity contribution is 0.305. The van der Waals surface area contributed by atoms with Crippen LogP contribution in [0.25, 0.3) is 0 Å². The first-order valence-corrected chi connectivity index (χ1v) is 7.55. The maximum absolute atomic E-state index is 3.60. The molecule has 18 heavy (non-hydrogen) atoms. The van der Waals surface area contributed by atoms with Gasteiger partial charge in [0.2, 0.25) is 0 Å². The fourth-order valence-electron chi connectivity index (χ4n) is 2.17. The summed E-state index contributed by atoms with van der Waals surface area (Å²) < 4.78 is 1.22. The number of nitrogens with one attached hydrogen (secondary N) is 1. The van der Waals surface area contributed by atoms with E-state index in [1.807, 2.05) is 7.05 Å². The van der Waals surface area contributed by atoms with Crippen molar-refractivity contribution in [3.63, 3.8) is 0 Å². The van der Waals surface area contributed by atoms with Gasteiger partial charge in [0.1, 0.15) is 0 Å². The Hall–Kier alpha value is -0.340. The first kappa shape index (κ1) is 15.7. The second-order valence-corrected chi connectivity index (χ2v) is 6.90. The van der Waals surface area contributed by atoms with E-state index < -0.39 is 0 Å². The van der Waals surface area contributed by atoms with E-state index in [-0.39, 0.29) is 0 Å². The second kappa shape index (κ2) is 6.72. The van der Waals surface area contributed by atoms with E-state index in [2.05, 4.69) is 61.1 Å². The van der Waals surface area contributed by atoms with Crippen LogP contribution in [-0.4, -0.2) is 13.6 Å². The van der Waals surface area contributed by atoms with Gasteiger partial charge in [0.25, 0.3) is 0 Å². The molecule has 102 valence electrons. The molecule has 1 aromatic rings. The fraction of sp³-hybridized carbons (Fsp3) is 0.625. The van der Waals surface area contributed by atoms with Crippen molar-refractivity contribution >= 4 is 15.9 Å². The Morgan fingerprint density at radius 3 is 2.39 bits per heavy atom. The van der Waals surface area contributed by atoms with E-state index in [0.717, 1.165) is 6.54 Å². The van der Waals surface area contributed by atoms with Crippen LogP contribution in [0.1, 0.15) is 43.4 Å². The smallest absolute Gasteiger partial charge is 0.0207 e. The Bertz CT molecular complexity index is 396. The maximum atomic E-state index is 3.60. The third kappa shape index (κ3) is 4.74. The zero-order chi connectivity index (χ0) is 13.8. The number of hydrogen-bond acceptors (Lipinski definition) is 1. The minimum atomic E-state index is 0.413. The molecular formula is C16H26BrN. The molecule has 0 spiro atoms. The molecule has 0 aliphatic rings. The summed E-state index contributed by atoms with van der Waals surface area (Å²) in [7, 11) is 2.03. The van der Waals surface area contributed by atoms with E-state index in [1.54, 1.807) is 0 Å². The molecule has 0 aliphatic carbocycles. The quantitative estimate of drug-likeness (QED) is 0.807. The van der Waals surface area contributed by atoms with Crippen molar-refractivity contribution in [2.24, 2.45) is 5.41 Å². The monoisotopic (exact) mass is 311 g/mol. The third-order valence-electron chi connectivity index (χ3n) is 3.74. The van der Waals surface area contributed by atoms with Crippen LogP contribution < -0.4 is 5.32 Å². The van der Waals surface area contributed by atoms with Crippen LogP contribution >= 0.6 is 15.9 Å². The molecule has 0 saturated heterocycles. The number of hydrogen-bond donors (Lipinski definition) is 1. The third-order valence-corrected chi connectivity index (χ3v) is 4.59. The highest BCUT2D eigenvalue weighted by atomic mass is 79.9. The van der Waals surface area contributed by atoms with Crippen molar-refractivity contribution in [3.8, 4) is 0 Å². The van der Waals surface area contributed by atoms with Gasteiger partial charge in [0.05, 0.1) is 0 Å². The molecule has 0 atom stereocenters. The van der Waals surface area contributed by atoms with Gasteiger partial charge in [0, 0.05) is 4.47 Å². The lowest BCUT2D eigenvalue weighted by atomic mass is 9.82. The van der Waals surface area contributed by atoms with Crippen LogP contribution in [0.2, 0.25) is 0 Å². The van der Waals surface area contributed by atoms with E-state index >= 15 is 0 Å². The van der Waals surface area contributed by atoms with Crippen molar-refractivity contribution < 1.29 is 0 Å². The number of aryl methyl sites for hydroxylation is 3. The molecule has 1 nitrogen and oxygen atoms in total. The summed E-state index contributed by atoms with van der Waals surface area (Å²) in [5, 5.41) is 3.24. The van der Waals surface area contributed by atoms with Gasteiger partial charge >= 0.3 is 0 Å². The molecule has 0 aliphatic heterocycles. The molecule has 1 rings (SSSR count). The Morgan fingerprint density at radius 1 is 1.11 bits per heavy atom. The molecule has 1 aromatic carbocycles. The van der Waals surface area contributed by atoms with Crippen molar-refractivity contribution in [2.45, 2.75) is 47.0 Å². The largest absolute Gasteiger partial charge is 0.320 e. The molecule has 1 N–H and O–H groups in total. The van der Waals surface area contributed by atoms with Crippen LogP contribution in [0, 0.1) is 19.3 Å². The predicted molar refractivity (Wildman–Crippen MR) is 84.3 cm³/mol. The molecule has 0 aromatic heterocycles. The topological polar surface area (TPSA) is 12.0 Å². The highest BCUT2D eigenvalue weighted by Gasteiger charge is 2.17. The molecule has 0 heterocycles. The minimum Gasteiger partial charge on any atom is -0.320 e. The standard InChI is InChI=1S/C16H26BrN/c1-12-11-15(17)13(2)10-14(12)6-7-16(3,4)8-9-18-5/h10-11,18H,6-9H2,1-5H3. The van der Waals surface area contributed by atoms with Crippen molar-refractivity contribution in [1.29, 1.82) is 0 Å². The maximum Gasteiger partial charge on any atom is 0.0207 e. The first-order chi connectivity index (χ1) is 8.35. The molecular weight excluding hydrogens is 286 g/mol. The van der Waals surface area contributed by atoms with Gasteiger partial charge in [-0.2, -0.15) is 0 Å². The molecule has 0 unspecified atom stereocenters. The van der Waals surface area contributed by atoms with Gasteiger partial charge in [-0.25, -0.2) is 0 Å². The Kier molecular flexibility index (Phi) is 5.87. The van der Waals surface area contributed by atoms with Crippen LogP contribution in [0.3, 0.4) is 0 Å². The number of benzene rings is 1. The van der Waals surface area contributed by atoms with Crippen LogP contribution in [0.4, 0.5) is 0 Å². The van der Waals surface area contributed by atoms with Gasteiger partial charge in [-0.1, -0.05) is 35.8 Å². The van der Waals surface area contributed by atoms with Crippen LogP contribution in [0.5, 0.6) is 0 Å². The summed E-state index contributed by atoms with van der Waals surface area (Å²) in [4.78, 5) is 0. The Morgan fingerprint density at radius 2 is 1.78 bits per heavy atom. The van der Waals surface area contributed by atoms with Gasteiger partial charge in [-0.15, -0.1) is 0 Å². The molecule has 2 heteroatoms.